The first-order valence-electron chi connectivity index (χ1n) is 9.02. The van der Waals surface area contributed by atoms with Gasteiger partial charge in [0.1, 0.15) is 13.2 Å². The summed E-state index contributed by atoms with van der Waals surface area (Å²) in [5.74, 6) is 2.19. The molecule has 1 aliphatic rings. The third kappa shape index (κ3) is 4.66. The van der Waals surface area contributed by atoms with Crippen molar-refractivity contribution in [1.29, 1.82) is 0 Å². The summed E-state index contributed by atoms with van der Waals surface area (Å²) in [6.07, 6.45) is 0.442. The number of thiazole rings is 1. The van der Waals surface area contributed by atoms with E-state index in [-0.39, 0.29) is 5.91 Å². The quantitative estimate of drug-likeness (QED) is 0.577. The van der Waals surface area contributed by atoms with E-state index in [0.717, 1.165) is 28.5 Å². The van der Waals surface area contributed by atoms with Crippen molar-refractivity contribution >= 4 is 34.1 Å². The third-order valence-corrected chi connectivity index (χ3v) is 5.98. The smallest absolute Gasteiger partial charge is 0.226 e. The van der Waals surface area contributed by atoms with Crippen LogP contribution >= 0.6 is 23.1 Å². The number of benzene rings is 2. The molecule has 1 amide bonds. The zero-order valence-electron chi connectivity index (χ0n) is 15.4. The number of carbonyl (C=O) groups is 1. The standard InChI is InChI=1S/C21H20N2O3S2/c1-14-2-5-16(6-3-14)27-11-8-20(24)23-21-22-17(13-28-21)15-4-7-18-19(12-15)26-10-9-25-18/h2-7,12-13H,8-11H2,1H3,(H,22,23,24). The van der Waals surface area contributed by atoms with Crippen LogP contribution in [0.4, 0.5) is 5.13 Å². The molecule has 1 aromatic heterocycles. The minimum Gasteiger partial charge on any atom is -0.486 e. The summed E-state index contributed by atoms with van der Waals surface area (Å²) < 4.78 is 11.2. The summed E-state index contributed by atoms with van der Waals surface area (Å²) >= 11 is 3.10. The van der Waals surface area contributed by atoms with Crippen molar-refractivity contribution in [3.63, 3.8) is 0 Å². The lowest BCUT2D eigenvalue weighted by Crippen LogP contribution is -2.15. The van der Waals surface area contributed by atoms with Gasteiger partial charge in [0.05, 0.1) is 5.69 Å². The summed E-state index contributed by atoms with van der Waals surface area (Å²) in [4.78, 5) is 17.9. The third-order valence-electron chi connectivity index (χ3n) is 4.21. The van der Waals surface area contributed by atoms with Crippen LogP contribution in [0.25, 0.3) is 11.3 Å². The number of hydrogen-bond acceptors (Lipinski definition) is 6. The van der Waals surface area contributed by atoms with Crippen molar-refractivity contribution in [2.24, 2.45) is 0 Å². The van der Waals surface area contributed by atoms with Crippen LogP contribution in [0, 0.1) is 6.92 Å². The maximum Gasteiger partial charge on any atom is 0.226 e. The van der Waals surface area contributed by atoms with E-state index in [1.54, 1.807) is 11.8 Å². The van der Waals surface area contributed by atoms with Gasteiger partial charge in [0.2, 0.25) is 5.91 Å². The van der Waals surface area contributed by atoms with E-state index in [1.165, 1.54) is 21.8 Å². The van der Waals surface area contributed by atoms with Gasteiger partial charge in [-0.1, -0.05) is 17.7 Å². The topological polar surface area (TPSA) is 60.5 Å². The number of fused-ring (bicyclic) bond motifs is 1. The van der Waals surface area contributed by atoms with Crippen LogP contribution in [0.15, 0.2) is 52.7 Å². The van der Waals surface area contributed by atoms with Crippen molar-refractivity contribution in [3.05, 3.63) is 53.4 Å². The lowest BCUT2D eigenvalue weighted by Gasteiger charge is -2.18. The summed E-state index contributed by atoms with van der Waals surface area (Å²) in [7, 11) is 0. The second-order valence-corrected chi connectivity index (χ2v) is 8.38. The number of anilines is 1. The van der Waals surface area contributed by atoms with Crippen LogP contribution < -0.4 is 14.8 Å². The molecule has 0 saturated heterocycles. The first kappa shape index (κ1) is 18.8. The van der Waals surface area contributed by atoms with E-state index in [2.05, 4.69) is 41.5 Å². The molecule has 2 aromatic carbocycles. The Kier molecular flexibility index (Phi) is 5.83. The Morgan fingerprint density at radius 1 is 1.14 bits per heavy atom. The average molecular weight is 413 g/mol. The predicted octanol–water partition coefficient (Wildman–Crippen LogP) is 5.01. The fourth-order valence-corrected chi connectivity index (χ4v) is 4.33. The van der Waals surface area contributed by atoms with Crippen LogP contribution in [0.1, 0.15) is 12.0 Å². The molecular formula is C21H20N2O3S2. The highest BCUT2D eigenvalue weighted by molar-refractivity contribution is 7.99. The van der Waals surface area contributed by atoms with Crippen molar-refractivity contribution in [1.82, 2.24) is 4.98 Å². The highest BCUT2D eigenvalue weighted by Gasteiger charge is 2.14. The fraction of sp³-hybridized carbons (Fsp3) is 0.238. The van der Waals surface area contributed by atoms with E-state index < -0.39 is 0 Å². The molecule has 0 atom stereocenters. The molecule has 0 bridgehead atoms. The van der Waals surface area contributed by atoms with Crippen LogP contribution in [-0.4, -0.2) is 29.9 Å². The number of nitrogens with zero attached hydrogens (tertiary/aromatic N) is 1. The Labute approximate surface area is 172 Å². The first-order chi connectivity index (χ1) is 13.7. The molecule has 0 fully saturated rings. The lowest BCUT2D eigenvalue weighted by atomic mass is 10.1. The van der Waals surface area contributed by atoms with Crippen molar-refractivity contribution in [2.75, 3.05) is 24.3 Å². The molecular weight excluding hydrogens is 392 g/mol. The Morgan fingerprint density at radius 3 is 2.75 bits per heavy atom. The summed E-state index contributed by atoms with van der Waals surface area (Å²) in [5.41, 5.74) is 2.99. The van der Waals surface area contributed by atoms with Gasteiger partial charge in [0, 0.05) is 28.0 Å². The average Bonchev–Trinajstić information content (AvgIpc) is 3.17. The van der Waals surface area contributed by atoms with Gasteiger partial charge in [-0.3, -0.25) is 4.79 Å². The predicted molar refractivity (Wildman–Crippen MR) is 114 cm³/mol. The Bertz CT molecular complexity index is 970. The SMILES string of the molecule is Cc1ccc(SCCC(=O)Nc2nc(-c3ccc4c(c3)OCCO4)cs2)cc1. The van der Waals surface area contributed by atoms with Gasteiger partial charge >= 0.3 is 0 Å². The molecule has 0 aliphatic carbocycles. The zero-order chi connectivity index (χ0) is 19.3. The van der Waals surface area contributed by atoms with Crippen LogP contribution in [0.5, 0.6) is 11.5 Å². The van der Waals surface area contributed by atoms with Crippen LogP contribution in [-0.2, 0) is 4.79 Å². The molecule has 1 N–H and O–H groups in total. The molecule has 0 radical (unpaired) electrons. The highest BCUT2D eigenvalue weighted by Crippen LogP contribution is 2.35. The second-order valence-electron chi connectivity index (χ2n) is 6.36. The molecule has 5 nitrogen and oxygen atoms in total. The largest absolute Gasteiger partial charge is 0.486 e. The molecule has 1 aliphatic heterocycles. The van der Waals surface area contributed by atoms with Crippen molar-refractivity contribution in [2.45, 2.75) is 18.2 Å². The number of nitrogens with one attached hydrogen (secondary N) is 1. The Balaban J connectivity index is 1.31. The normalized spacial score (nSPS) is 12.6. The maximum absolute atomic E-state index is 12.2. The zero-order valence-corrected chi connectivity index (χ0v) is 17.1. The molecule has 4 rings (SSSR count). The Morgan fingerprint density at radius 2 is 1.93 bits per heavy atom. The molecule has 28 heavy (non-hydrogen) atoms. The van der Waals surface area contributed by atoms with E-state index in [1.807, 2.05) is 23.6 Å². The van der Waals surface area contributed by atoms with Gasteiger partial charge in [0.25, 0.3) is 0 Å². The first-order valence-corrected chi connectivity index (χ1v) is 10.9. The van der Waals surface area contributed by atoms with Gasteiger partial charge < -0.3 is 14.8 Å². The molecule has 144 valence electrons. The van der Waals surface area contributed by atoms with Crippen molar-refractivity contribution < 1.29 is 14.3 Å². The van der Waals surface area contributed by atoms with Gasteiger partial charge in [-0.05, 0) is 37.3 Å². The number of ether oxygens (including phenoxy) is 2. The molecule has 7 heteroatoms. The van der Waals surface area contributed by atoms with Crippen molar-refractivity contribution in [3.8, 4) is 22.8 Å². The van der Waals surface area contributed by atoms with Gasteiger partial charge in [-0.2, -0.15) is 0 Å². The number of carbonyl (C=O) groups excluding carboxylic acids is 1. The number of amides is 1. The Hall–Kier alpha value is -2.51. The van der Waals surface area contributed by atoms with E-state index >= 15 is 0 Å². The van der Waals surface area contributed by atoms with E-state index in [0.29, 0.717) is 24.8 Å². The fourth-order valence-electron chi connectivity index (χ4n) is 2.74. The molecule has 0 spiro atoms. The maximum atomic E-state index is 12.2. The summed E-state index contributed by atoms with van der Waals surface area (Å²) in [5, 5.41) is 5.43. The van der Waals surface area contributed by atoms with Gasteiger partial charge in [0.15, 0.2) is 16.6 Å². The van der Waals surface area contributed by atoms with Gasteiger partial charge in [-0.25, -0.2) is 4.98 Å². The minimum atomic E-state index is -0.0253. The second kappa shape index (κ2) is 8.67. The van der Waals surface area contributed by atoms with Gasteiger partial charge in [-0.15, -0.1) is 23.1 Å². The monoisotopic (exact) mass is 412 g/mol. The number of aromatic nitrogens is 1. The number of aryl methyl sites for hydroxylation is 1. The molecule has 2 heterocycles. The van der Waals surface area contributed by atoms with E-state index in [9.17, 15) is 4.79 Å². The highest BCUT2D eigenvalue weighted by atomic mass is 32.2. The lowest BCUT2D eigenvalue weighted by molar-refractivity contribution is -0.115. The molecule has 0 saturated carbocycles. The summed E-state index contributed by atoms with van der Waals surface area (Å²) in [6.45, 7) is 3.19. The summed E-state index contributed by atoms with van der Waals surface area (Å²) in [6, 6.07) is 14.1. The number of hydrogen-bond donors (Lipinski definition) is 1. The van der Waals surface area contributed by atoms with Crippen LogP contribution in [0.3, 0.4) is 0 Å². The van der Waals surface area contributed by atoms with Crippen LogP contribution in [0.2, 0.25) is 0 Å². The number of thioether (sulfide) groups is 1. The molecule has 0 unspecified atom stereocenters. The molecule has 3 aromatic rings. The van der Waals surface area contributed by atoms with E-state index in [4.69, 9.17) is 9.47 Å². The minimum absolute atomic E-state index is 0.0253. The number of rotatable bonds is 6.